The van der Waals surface area contributed by atoms with E-state index in [1.165, 1.54) is 130 Å². The van der Waals surface area contributed by atoms with E-state index in [9.17, 15) is 0 Å². The van der Waals surface area contributed by atoms with E-state index in [-0.39, 0.29) is 5.41 Å². The van der Waals surface area contributed by atoms with Gasteiger partial charge in [0.2, 0.25) is 0 Å². The van der Waals surface area contributed by atoms with Crippen molar-refractivity contribution < 1.29 is 0 Å². The summed E-state index contributed by atoms with van der Waals surface area (Å²) in [6, 6.07) is 72.9. The SMILES string of the molecule is CC1(C)c2ccccc2-c2c1cc(-c1ccc(-c3c4ccccc4c(-c4cccc5ccccc45)c4ccccc34)c3ccccc13)c1sc3c4ccccc4ccc3c21. The molecule has 0 radical (unpaired) electrons. The first kappa shape index (κ1) is 33.9. The van der Waals surface area contributed by atoms with Crippen LogP contribution in [-0.4, -0.2) is 0 Å². The maximum Gasteiger partial charge on any atom is 0.0440 e. The largest absolute Gasteiger partial charge is 0.134 e. The van der Waals surface area contributed by atoms with Gasteiger partial charge in [0, 0.05) is 31.2 Å². The lowest BCUT2D eigenvalue weighted by atomic mass is 9.80. The van der Waals surface area contributed by atoms with E-state index in [1.807, 2.05) is 11.3 Å². The highest BCUT2D eigenvalue weighted by Gasteiger charge is 2.38. The zero-order chi connectivity index (χ0) is 39.7. The van der Waals surface area contributed by atoms with Crippen LogP contribution in [0.1, 0.15) is 25.0 Å². The van der Waals surface area contributed by atoms with Crippen molar-refractivity contribution in [3.63, 3.8) is 0 Å². The summed E-state index contributed by atoms with van der Waals surface area (Å²) in [5.41, 5.74) is 13.2. The second-order valence-electron chi connectivity index (χ2n) is 17.1. The molecule has 0 bridgehead atoms. The molecule has 1 aromatic heterocycles. The Morgan fingerprint density at radius 2 is 0.783 bits per heavy atom. The Labute approximate surface area is 352 Å². The zero-order valence-electron chi connectivity index (χ0n) is 33.4. The molecule has 1 aliphatic carbocycles. The third kappa shape index (κ3) is 4.56. The average molecular weight is 779 g/mol. The second kappa shape index (κ2) is 12.5. The minimum atomic E-state index is -0.140. The summed E-state index contributed by atoms with van der Waals surface area (Å²) in [5.74, 6) is 0. The summed E-state index contributed by atoms with van der Waals surface area (Å²) in [7, 11) is 0. The van der Waals surface area contributed by atoms with Crippen LogP contribution in [0.3, 0.4) is 0 Å². The molecule has 0 nitrogen and oxygen atoms in total. The smallest absolute Gasteiger partial charge is 0.0440 e. The lowest BCUT2D eigenvalue weighted by Crippen LogP contribution is -2.15. The molecule has 0 spiro atoms. The molecule has 1 heterocycles. The molecule has 0 N–H and O–H groups in total. The third-order valence-corrected chi connectivity index (χ3v) is 14.9. The molecule has 280 valence electrons. The molecule has 0 aliphatic heterocycles. The van der Waals surface area contributed by atoms with Gasteiger partial charge < -0.3 is 0 Å². The predicted molar refractivity (Wildman–Crippen MR) is 261 cm³/mol. The Morgan fingerprint density at radius 1 is 0.300 bits per heavy atom. The Morgan fingerprint density at radius 3 is 1.47 bits per heavy atom. The quantitative estimate of drug-likeness (QED) is 0.157. The fourth-order valence-corrected chi connectivity index (χ4v) is 12.3. The minimum Gasteiger partial charge on any atom is -0.134 e. The Kier molecular flexibility index (Phi) is 7.04. The molecule has 0 saturated heterocycles. The normalized spacial score (nSPS) is 13.3. The van der Waals surface area contributed by atoms with Gasteiger partial charge >= 0.3 is 0 Å². The van der Waals surface area contributed by atoms with Gasteiger partial charge in [-0.2, -0.15) is 0 Å². The molecular weight excluding hydrogens is 741 g/mol. The van der Waals surface area contributed by atoms with Gasteiger partial charge in [-0.15, -0.1) is 11.3 Å². The van der Waals surface area contributed by atoms with Crippen LogP contribution < -0.4 is 0 Å². The molecule has 0 atom stereocenters. The van der Waals surface area contributed by atoms with E-state index < -0.39 is 0 Å². The van der Waals surface area contributed by atoms with Gasteiger partial charge in [0.1, 0.15) is 0 Å². The topological polar surface area (TPSA) is 0 Å². The first-order valence-electron chi connectivity index (χ1n) is 21.0. The summed E-state index contributed by atoms with van der Waals surface area (Å²) < 4.78 is 2.73. The number of hydrogen-bond acceptors (Lipinski definition) is 1. The van der Waals surface area contributed by atoms with Crippen molar-refractivity contribution >= 4 is 85.4 Å². The lowest BCUT2D eigenvalue weighted by molar-refractivity contribution is 0.661. The van der Waals surface area contributed by atoms with E-state index in [2.05, 4.69) is 208 Å². The average Bonchev–Trinajstić information content (AvgIpc) is 3.80. The Balaban J connectivity index is 1.13. The van der Waals surface area contributed by atoms with Crippen molar-refractivity contribution in [3.8, 4) is 44.5 Å². The predicted octanol–water partition coefficient (Wildman–Crippen LogP) is 17.1. The first-order valence-corrected chi connectivity index (χ1v) is 21.8. The molecular formula is C59H38S. The van der Waals surface area contributed by atoms with E-state index >= 15 is 0 Å². The van der Waals surface area contributed by atoms with Crippen molar-refractivity contribution in [3.05, 3.63) is 205 Å². The maximum atomic E-state index is 2.56. The number of hydrogen-bond donors (Lipinski definition) is 0. The number of benzene rings is 11. The van der Waals surface area contributed by atoms with Crippen LogP contribution in [0.2, 0.25) is 0 Å². The maximum absolute atomic E-state index is 2.56. The van der Waals surface area contributed by atoms with Gasteiger partial charge in [0.25, 0.3) is 0 Å². The van der Waals surface area contributed by atoms with E-state index in [1.54, 1.807) is 0 Å². The van der Waals surface area contributed by atoms with Crippen molar-refractivity contribution in [2.24, 2.45) is 0 Å². The van der Waals surface area contributed by atoms with Gasteiger partial charge in [0.05, 0.1) is 0 Å². The molecule has 0 unspecified atom stereocenters. The van der Waals surface area contributed by atoms with Crippen LogP contribution in [0.15, 0.2) is 194 Å². The molecule has 11 aromatic carbocycles. The summed E-state index contributed by atoms with van der Waals surface area (Å²) >= 11 is 1.97. The van der Waals surface area contributed by atoms with Crippen molar-refractivity contribution in [1.29, 1.82) is 0 Å². The molecule has 13 rings (SSSR count). The highest BCUT2D eigenvalue weighted by molar-refractivity contribution is 7.27. The summed E-state index contributed by atoms with van der Waals surface area (Å²) in [6.07, 6.45) is 0. The standard InChI is InChI=1S/C59H38S/c1-59(2)51-29-14-13-27-48(51)55-52(59)34-50(58-56(55)49-31-30-36-17-4-6-20-38(36)57(49)60-58)41-32-33-47(40-22-8-7-21-39(40)41)54-45-25-11-9-23-43(45)53(44-24-10-12-26-46(44)54)42-28-15-18-35-16-3-5-19-37(35)42/h3-34H,1-2H3. The summed E-state index contributed by atoms with van der Waals surface area (Å²) in [4.78, 5) is 0. The van der Waals surface area contributed by atoms with E-state index in [0.717, 1.165) is 0 Å². The van der Waals surface area contributed by atoms with E-state index in [4.69, 9.17) is 0 Å². The Bertz CT molecular complexity index is 3740. The fourth-order valence-electron chi connectivity index (χ4n) is 10.9. The number of fused-ring (bicyclic) bond motifs is 13. The van der Waals surface area contributed by atoms with Crippen LogP contribution in [0.4, 0.5) is 0 Å². The van der Waals surface area contributed by atoms with Crippen LogP contribution >= 0.6 is 11.3 Å². The Hall–Kier alpha value is -7.06. The van der Waals surface area contributed by atoms with Crippen molar-refractivity contribution in [2.75, 3.05) is 0 Å². The van der Waals surface area contributed by atoms with Crippen LogP contribution in [0.5, 0.6) is 0 Å². The molecule has 0 saturated carbocycles. The molecule has 12 aromatic rings. The van der Waals surface area contributed by atoms with Gasteiger partial charge in [-0.05, 0) is 110 Å². The molecule has 1 aliphatic rings. The highest BCUT2D eigenvalue weighted by atomic mass is 32.1. The number of rotatable bonds is 3. The molecule has 1 heteroatoms. The van der Waals surface area contributed by atoms with Crippen LogP contribution in [0, 0.1) is 0 Å². The van der Waals surface area contributed by atoms with Gasteiger partial charge in [-0.3, -0.25) is 0 Å². The highest BCUT2D eigenvalue weighted by Crippen LogP contribution is 2.57. The van der Waals surface area contributed by atoms with Gasteiger partial charge in [0.15, 0.2) is 0 Å². The molecule has 0 amide bonds. The second-order valence-corrected chi connectivity index (χ2v) is 18.1. The zero-order valence-corrected chi connectivity index (χ0v) is 34.2. The number of thiophene rings is 1. The first-order chi connectivity index (χ1) is 29.6. The minimum absolute atomic E-state index is 0.140. The summed E-state index contributed by atoms with van der Waals surface area (Å²) in [6.45, 7) is 4.83. The monoisotopic (exact) mass is 778 g/mol. The van der Waals surface area contributed by atoms with Crippen LogP contribution in [-0.2, 0) is 5.41 Å². The van der Waals surface area contributed by atoms with Gasteiger partial charge in [-0.1, -0.05) is 202 Å². The lowest BCUT2D eigenvalue weighted by Gasteiger charge is -2.23. The van der Waals surface area contributed by atoms with Crippen LogP contribution in [0.25, 0.3) is 119 Å². The van der Waals surface area contributed by atoms with Crippen molar-refractivity contribution in [2.45, 2.75) is 19.3 Å². The fraction of sp³-hybridized carbons (Fsp3) is 0.0508. The van der Waals surface area contributed by atoms with E-state index in [0.29, 0.717) is 0 Å². The molecule has 0 fully saturated rings. The van der Waals surface area contributed by atoms with Crippen molar-refractivity contribution in [1.82, 2.24) is 0 Å². The summed E-state index contributed by atoms with van der Waals surface area (Å²) in [5, 5.41) is 15.5. The van der Waals surface area contributed by atoms with Gasteiger partial charge in [-0.25, -0.2) is 0 Å². The molecule has 60 heavy (non-hydrogen) atoms. The third-order valence-electron chi connectivity index (χ3n) is 13.6.